The van der Waals surface area contributed by atoms with Gasteiger partial charge in [0.2, 0.25) is 5.91 Å². The molecule has 8 nitrogen and oxygen atoms in total. The number of nitrogens with zero attached hydrogens (tertiary/aromatic N) is 5. The number of pyridine rings is 1. The third-order valence-electron chi connectivity index (χ3n) is 4.49. The van der Waals surface area contributed by atoms with Gasteiger partial charge in [0.1, 0.15) is 6.04 Å². The lowest BCUT2D eigenvalue weighted by molar-refractivity contribution is -0.161. The monoisotopic (exact) mass is 332 g/mol. The van der Waals surface area contributed by atoms with Gasteiger partial charge in [0.05, 0.1) is 17.4 Å². The Morgan fingerprint density at radius 2 is 2.13 bits per heavy atom. The van der Waals surface area contributed by atoms with Crippen LogP contribution in [0.1, 0.15) is 37.4 Å². The van der Waals surface area contributed by atoms with Gasteiger partial charge in [-0.25, -0.2) is 5.10 Å². The predicted molar refractivity (Wildman–Crippen MR) is 81.9 cm³/mol. The minimum absolute atomic E-state index is 0.0706. The summed E-state index contributed by atoms with van der Waals surface area (Å²) in [6, 6.07) is 3.26. The van der Waals surface area contributed by atoms with Gasteiger partial charge in [-0.2, -0.15) is 0 Å². The van der Waals surface area contributed by atoms with E-state index in [1.807, 2.05) is 0 Å². The van der Waals surface area contributed by atoms with Crippen molar-refractivity contribution in [1.82, 2.24) is 30.5 Å². The van der Waals surface area contributed by atoms with Crippen LogP contribution in [0.5, 0.6) is 0 Å². The number of nitrogens with one attached hydrogen (secondary N) is 1. The molecular formula is C14H16N6O2S. The van der Waals surface area contributed by atoms with Crippen LogP contribution in [0.3, 0.4) is 0 Å². The Bertz CT molecular complexity index is 722. The second-order valence-corrected chi connectivity index (χ2v) is 8.07. The molecule has 120 valence electrons. The van der Waals surface area contributed by atoms with Crippen LogP contribution in [0.2, 0.25) is 0 Å². The lowest BCUT2D eigenvalue weighted by atomic mass is 9.85. The van der Waals surface area contributed by atoms with E-state index in [1.54, 1.807) is 41.2 Å². The first-order valence-corrected chi connectivity index (χ1v) is 8.20. The SMILES string of the molecule is CC1(C)S[C@@H]2[C@H](C(O)c3ccncc3)C(=O)N2[C@H]1c1nnn[nH]1. The van der Waals surface area contributed by atoms with Crippen molar-refractivity contribution in [2.24, 2.45) is 5.92 Å². The first-order valence-electron chi connectivity index (χ1n) is 7.32. The summed E-state index contributed by atoms with van der Waals surface area (Å²) in [4.78, 5) is 18.4. The van der Waals surface area contributed by atoms with Gasteiger partial charge in [-0.1, -0.05) is 0 Å². The molecule has 23 heavy (non-hydrogen) atoms. The van der Waals surface area contributed by atoms with E-state index < -0.39 is 12.0 Å². The maximum absolute atomic E-state index is 12.7. The number of aromatic amines is 1. The molecule has 2 saturated heterocycles. The van der Waals surface area contributed by atoms with Crippen LogP contribution in [-0.4, -0.2) is 51.6 Å². The van der Waals surface area contributed by atoms with Crippen molar-refractivity contribution in [2.45, 2.75) is 36.1 Å². The minimum atomic E-state index is -0.832. The lowest BCUT2D eigenvalue weighted by Crippen LogP contribution is -2.59. The molecule has 2 aromatic rings. The summed E-state index contributed by atoms with van der Waals surface area (Å²) in [6.07, 6.45) is 2.41. The molecule has 1 unspecified atom stereocenters. The second kappa shape index (κ2) is 5.00. The normalized spacial score (nSPS) is 30.0. The van der Waals surface area contributed by atoms with E-state index >= 15 is 0 Å². The zero-order valence-corrected chi connectivity index (χ0v) is 13.4. The molecule has 2 fully saturated rings. The molecule has 1 amide bonds. The van der Waals surface area contributed by atoms with Crippen LogP contribution in [-0.2, 0) is 4.79 Å². The Morgan fingerprint density at radius 1 is 1.39 bits per heavy atom. The fourth-order valence-electron chi connectivity index (χ4n) is 3.43. The van der Waals surface area contributed by atoms with Crippen LogP contribution < -0.4 is 0 Å². The molecule has 0 spiro atoms. The van der Waals surface area contributed by atoms with Crippen LogP contribution in [0.4, 0.5) is 0 Å². The molecule has 2 N–H and O–H groups in total. The van der Waals surface area contributed by atoms with E-state index in [-0.39, 0.29) is 22.1 Å². The third kappa shape index (κ3) is 2.07. The van der Waals surface area contributed by atoms with Crippen LogP contribution in [0.25, 0.3) is 0 Å². The number of rotatable bonds is 3. The van der Waals surface area contributed by atoms with Crippen molar-refractivity contribution in [3.8, 4) is 0 Å². The Morgan fingerprint density at radius 3 is 2.78 bits per heavy atom. The molecule has 0 radical (unpaired) electrons. The standard InChI is InChI=1S/C14H16N6O2S/c1-14(2)10(11-16-18-19-17-11)20-12(22)8(13(20)23-14)9(21)7-3-5-15-6-4-7/h3-6,8-10,13,21H,1-2H3,(H,16,17,18,19)/t8-,9?,10+,13-/m1/s1. The highest BCUT2D eigenvalue weighted by molar-refractivity contribution is 8.01. The summed E-state index contributed by atoms with van der Waals surface area (Å²) in [5.74, 6) is 0.0524. The van der Waals surface area contributed by atoms with Crippen molar-refractivity contribution in [3.63, 3.8) is 0 Å². The quantitative estimate of drug-likeness (QED) is 0.796. The number of hydrogen-bond donors (Lipinski definition) is 2. The van der Waals surface area contributed by atoms with Crippen molar-refractivity contribution >= 4 is 17.7 Å². The Balaban J connectivity index is 1.63. The lowest BCUT2D eigenvalue weighted by Gasteiger charge is -2.46. The highest BCUT2D eigenvalue weighted by Gasteiger charge is 2.64. The number of amides is 1. The van der Waals surface area contributed by atoms with E-state index in [1.165, 1.54) is 0 Å². The Kier molecular flexibility index (Phi) is 3.17. The van der Waals surface area contributed by atoms with Crippen LogP contribution >= 0.6 is 11.8 Å². The molecule has 4 atom stereocenters. The van der Waals surface area contributed by atoms with Crippen molar-refractivity contribution in [2.75, 3.05) is 0 Å². The third-order valence-corrected chi connectivity index (χ3v) is 6.08. The molecule has 9 heteroatoms. The largest absolute Gasteiger partial charge is 0.387 e. The van der Waals surface area contributed by atoms with Crippen molar-refractivity contribution in [1.29, 1.82) is 0 Å². The number of aliphatic hydroxyl groups is 1. The summed E-state index contributed by atoms with van der Waals surface area (Å²) < 4.78 is -0.242. The molecule has 4 heterocycles. The number of tetrazole rings is 1. The summed E-state index contributed by atoms with van der Waals surface area (Å²) in [7, 11) is 0. The number of aliphatic hydroxyl groups excluding tert-OH is 1. The van der Waals surface area contributed by atoms with Crippen molar-refractivity contribution < 1.29 is 9.90 Å². The van der Waals surface area contributed by atoms with Crippen LogP contribution in [0.15, 0.2) is 24.5 Å². The van der Waals surface area contributed by atoms with Gasteiger partial charge in [0, 0.05) is 17.1 Å². The summed E-state index contributed by atoms with van der Waals surface area (Å²) in [6.45, 7) is 4.12. The van der Waals surface area contributed by atoms with Crippen molar-refractivity contribution in [3.05, 3.63) is 35.9 Å². The number of β-lactam (4-membered cyclic amide) rings is 1. The topological polar surface area (TPSA) is 108 Å². The van der Waals surface area contributed by atoms with Gasteiger partial charge >= 0.3 is 0 Å². The fourth-order valence-corrected chi connectivity index (χ4v) is 5.16. The molecular weight excluding hydrogens is 316 g/mol. The molecule has 2 aromatic heterocycles. The number of thioether (sulfide) groups is 1. The Hall–Kier alpha value is -2.00. The van der Waals surface area contributed by atoms with E-state index in [0.717, 1.165) is 0 Å². The number of fused-ring (bicyclic) bond motifs is 1. The van der Waals surface area contributed by atoms with Gasteiger partial charge in [-0.3, -0.25) is 9.78 Å². The molecule has 2 aliphatic heterocycles. The van der Waals surface area contributed by atoms with Gasteiger partial charge in [0.15, 0.2) is 5.82 Å². The molecule has 2 aliphatic rings. The Labute approximate surface area is 136 Å². The number of carbonyl (C=O) groups excluding carboxylic acids is 1. The van der Waals surface area contributed by atoms with Gasteiger partial charge in [0.25, 0.3) is 0 Å². The molecule has 0 aromatic carbocycles. The average Bonchev–Trinajstić information content (AvgIpc) is 3.12. The maximum Gasteiger partial charge on any atom is 0.233 e. The highest BCUT2D eigenvalue weighted by atomic mass is 32.2. The zero-order chi connectivity index (χ0) is 16.2. The summed E-state index contributed by atoms with van der Waals surface area (Å²) in [5.41, 5.74) is 0.709. The molecule has 0 bridgehead atoms. The van der Waals surface area contributed by atoms with Gasteiger partial charge in [-0.05, 0) is 42.0 Å². The average molecular weight is 332 g/mol. The fraction of sp³-hybridized carbons (Fsp3) is 0.500. The second-order valence-electron chi connectivity index (χ2n) is 6.30. The van der Waals surface area contributed by atoms with Gasteiger partial charge < -0.3 is 10.0 Å². The van der Waals surface area contributed by atoms with E-state index in [9.17, 15) is 9.90 Å². The smallest absolute Gasteiger partial charge is 0.233 e. The van der Waals surface area contributed by atoms with Crippen LogP contribution in [0, 0.1) is 5.92 Å². The predicted octanol–water partition coefficient (Wildman–Crippen LogP) is 0.679. The van der Waals surface area contributed by atoms with E-state index in [0.29, 0.717) is 11.4 Å². The van der Waals surface area contributed by atoms with E-state index in [2.05, 4.69) is 39.5 Å². The summed E-state index contributed by atoms with van der Waals surface area (Å²) in [5, 5.41) is 24.5. The minimum Gasteiger partial charge on any atom is -0.387 e. The number of carbonyl (C=O) groups is 1. The van der Waals surface area contributed by atoms with Gasteiger partial charge in [-0.15, -0.1) is 16.9 Å². The molecule has 4 rings (SSSR count). The first-order chi connectivity index (χ1) is 11.0. The zero-order valence-electron chi connectivity index (χ0n) is 12.6. The number of H-pyrrole nitrogens is 1. The summed E-state index contributed by atoms with van der Waals surface area (Å²) >= 11 is 1.67. The maximum atomic E-state index is 12.7. The number of hydrogen-bond acceptors (Lipinski definition) is 7. The molecule has 0 saturated carbocycles. The van der Waals surface area contributed by atoms with E-state index in [4.69, 9.17) is 0 Å². The highest BCUT2D eigenvalue weighted by Crippen LogP contribution is 2.60. The first kappa shape index (κ1) is 14.6. The molecule has 0 aliphatic carbocycles. The number of aromatic nitrogens is 5.